The van der Waals surface area contributed by atoms with E-state index in [2.05, 4.69) is 19.2 Å². The Labute approximate surface area is 95.8 Å². The van der Waals surface area contributed by atoms with E-state index in [1.165, 1.54) is 0 Å². The molecule has 0 aliphatic rings. The predicted octanol–water partition coefficient (Wildman–Crippen LogP) is 2.54. The van der Waals surface area contributed by atoms with Crippen LogP contribution in [0, 0.1) is 11.8 Å². The minimum Gasteiger partial charge on any atom is -0.330 e. The molecule has 16 heavy (non-hydrogen) atoms. The number of nitrogens with one attached hydrogen (secondary N) is 1. The van der Waals surface area contributed by atoms with Crippen molar-refractivity contribution in [2.24, 2.45) is 17.6 Å². The van der Waals surface area contributed by atoms with Crippen molar-refractivity contribution in [3.63, 3.8) is 0 Å². The van der Waals surface area contributed by atoms with E-state index in [-0.39, 0.29) is 0 Å². The van der Waals surface area contributed by atoms with Gasteiger partial charge in [0.15, 0.2) is 0 Å². The molecule has 3 N–H and O–H groups in total. The van der Waals surface area contributed by atoms with Gasteiger partial charge in [0.25, 0.3) is 0 Å². The maximum Gasteiger partial charge on any atom is 0.401 e. The van der Waals surface area contributed by atoms with Crippen LogP contribution in [0.15, 0.2) is 0 Å². The Hall–Kier alpha value is -0.290. The highest BCUT2D eigenvalue weighted by atomic mass is 19.4. The fourth-order valence-corrected chi connectivity index (χ4v) is 1.74. The number of alkyl halides is 3. The van der Waals surface area contributed by atoms with Gasteiger partial charge >= 0.3 is 6.18 Å². The second kappa shape index (κ2) is 7.90. The lowest BCUT2D eigenvalue weighted by atomic mass is 9.88. The Morgan fingerprint density at radius 3 is 2.25 bits per heavy atom. The second-order valence-corrected chi connectivity index (χ2v) is 4.52. The van der Waals surface area contributed by atoms with Crippen LogP contribution < -0.4 is 11.1 Å². The van der Waals surface area contributed by atoms with Gasteiger partial charge in [-0.3, -0.25) is 0 Å². The van der Waals surface area contributed by atoms with Crippen molar-refractivity contribution < 1.29 is 13.2 Å². The number of hydrogen-bond acceptors (Lipinski definition) is 2. The zero-order valence-corrected chi connectivity index (χ0v) is 10.1. The van der Waals surface area contributed by atoms with Gasteiger partial charge in [-0.25, -0.2) is 0 Å². The standard InChI is InChI=1S/C11H23F3N2/c1-9(2)10(5-6-15)4-3-7-16-8-11(12,13)14/h9-10,16H,3-8,15H2,1-2H3. The van der Waals surface area contributed by atoms with Gasteiger partial charge in [0, 0.05) is 0 Å². The van der Waals surface area contributed by atoms with Crippen LogP contribution in [0.2, 0.25) is 0 Å². The summed E-state index contributed by atoms with van der Waals surface area (Å²) >= 11 is 0. The molecule has 0 bridgehead atoms. The van der Waals surface area contributed by atoms with E-state index in [1.54, 1.807) is 0 Å². The molecule has 0 saturated carbocycles. The average Bonchev–Trinajstić information content (AvgIpc) is 2.13. The Balaban J connectivity index is 3.55. The number of nitrogens with two attached hydrogens (primary N) is 1. The van der Waals surface area contributed by atoms with E-state index in [4.69, 9.17) is 5.73 Å². The molecule has 0 heterocycles. The zero-order chi connectivity index (χ0) is 12.6. The fraction of sp³-hybridized carbons (Fsp3) is 1.00. The molecule has 0 radical (unpaired) electrons. The Bertz CT molecular complexity index is 169. The van der Waals surface area contributed by atoms with Gasteiger partial charge in [-0.15, -0.1) is 0 Å². The van der Waals surface area contributed by atoms with Crippen LogP contribution in [0.25, 0.3) is 0 Å². The van der Waals surface area contributed by atoms with Gasteiger partial charge in [-0.2, -0.15) is 13.2 Å². The average molecular weight is 240 g/mol. The van der Waals surface area contributed by atoms with E-state index >= 15 is 0 Å². The molecule has 0 fully saturated rings. The highest BCUT2D eigenvalue weighted by molar-refractivity contribution is 4.65. The maximum atomic E-state index is 11.8. The first-order valence-electron chi connectivity index (χ1n) is 5.84. The molecule has 0 spiro atoms. The Morgan fingerprint density at radius 2 is 1.81 bits per heavy atom. The van der Waals surface area contributed by atoms with E-state index in [1.807, 2.05) is 0 Å². The lowest BCUT2D eigenvalue weighted by Crippen LogP contribution is -2.29. The van der Waals surface area contributed by atoms with Crippen LogP contribution in [-0.4, -0.2) is 25.8 Å². The van der Waals surface area contributed by atoms with Crippen LogP contribution in [0.4, 0.5) is 13.2 Å². The molecule has 2 nitrogen and oxygen atoms in total. The summed E-state index contributed by atoms with van der Waals surface area (Å²) in [5.74, 6) is 1.07. The van der Waals surface area contributed by atoms with Gasteiger partial charge in [-0.05, 0) is 44.2 Å². The summed E-state index contributed by atoms with van der Waals surface area (Å²) in [6.07, 6.45) is -1.43. The van der Waals surface area contributed by atoms with Gasteiger partial charge < -0.3 is 11.1 Å². The lowest BCUT2D eigenvalue weighted by Gasteiger charge is -2.20. The first kappa shape index (κ1) is 15.7. The number of rotatable bonds is 8. The summed E-state index contributed by atoms with van der Waals surface area (Å²) in [7, 11) is 0. The van der Waals surface area contributed by atoms with Crippen molar-refractivity contribution in [3.05, 3.63) is 0 Å². The van der Waals surface area contributed by atoms with E-state index in [0.29, 0.717) is 24.9 Å². The monoisotopic (exact) mass is 240 g/mol. The molecule has 0 aromatic carbocycles. The summed E-state index contributed by atoms with van der Waals surface area (Å²) in [6, 6.07) is 0. The molecule has 0 saturated heterocycles. The lowest BCUT2D eigenvalue weighted by molar-refractivity contribution is -0.124. The maximum absolute atomic E-state index is 11.8. The molecule has 0 aliphatic heterocycles. The minimum atomic E-state index is -4.10. The first-order valence-corrected chi connectivity index (χ1v) is 5.84. The van der Waals surface area contributed by atoms with Crippen molar-refractivity contribution in [1.82, 2.24) is 5.32 Å². The third-order valence-electron chi connectivity index (χ3n) is 2.73. The van der Waals surface area contributed by atoms with E-state index in [0.717, 1.165) is 19.3 Å². The normalized spacial score (nSPS) is 14.4. The summed E-state index contributed by atoms with van der Waals surface area (Å²) in [6.45, 7) is 4.44. The van der Waals surface area contributed by atoms with Crippen molar-refractivity contribution in [1.29, 1.82) is 0 Å². The largest absolute Gasteiger partial charge is 0.401 e. The highest BCUT2D eigenvalue weighted by Gasteiger charge is 2.25. The quantitative estimate of drug-likeness (QED) is 0.640. The van der Waals surface area contributed by atoms with E-state index in [9.17, 15) is 13.2 Å². The highest BCUT2D eigenvalue weighted by Crippen LogP contribution is 2.20. The molecule has 0 aromatic heterocycles. The molecule has 1 atom stereocenters. The topological polar surface area (TPSA) is 38.0 Å². The fourth-order valence-electron chi connectivity index (χ4n) is 1.74. The van der Waals surface area contributed by atoms with Crippen LogP contribution >= 0.6 is 0 Å². The van der Waals surface area contributed by atoms with Crippen LogP contribution in [0.3, 0.4) is 0 Å². The van der Waals surface area contributed by atoms with Crippen molar-refractivity contribution in [3.8, 4) is 0 Å². The molecule has 98 valence electrons. The number of hydrogen-bond donors (Lipinski definition) is 2. The number of halogens is 3. The molecular weight excluding hydrogens is 217 g/mol. The van der Waals surface area contributed by atoms with Gasteiger partial charge in [0.05, 0.1) is 6.54 Å². The van der Waals surface area contributed by atoms with Crippen LogP contribution in [0.1, 0.15) is 33.1 Å². The van der Waals surface area contributed by atoms with Gasteiger partial charge in [-0.1, -0.05) is 13.8 Å². The summed E-state index contributed by atoms with van der Waals surface area (Å²) in [5.41, 5.74) is 5.49. The van der Waals surface area contributed by atoms with Gasteiger partial charge in [0.2, 0.25) is 0 Å². The second-order valence-electron chi connectivity index (χ2n) is 4.52. The van der Waals surface area contributed by atoms with Crippen molar-refractivity contribution in [2.75, 3.05) is 19.6 Å². The first-order chi connectivity index (χ1) is 7.37. The van der Waals surface area contributed by atoms with Crippen LogP contribution in [0.5, 0.6) is 0 Å². The molecule has 0 rings (SSSR count). The molecule has 0 amide bonds. The van der Waals surface area contributed by atoms with Crippen LogP contribution in [-0.2, 0) is 0 Å². The van der Waals surface area contributed by atoms with Gasteiger partial charge in [0.1, 0.15) is 0 Å². The van der Waals surface area contributed by atoms with E-state index < -0.39 is 12.7 Å². The zero-order valence-electron chi connectivity index (χ0n) is 10.1. The molecular formula is C11H23F3N2. The summed E-state index contributed by atoms with van der Waals surface area (Å²) in [4.78, 5) is 0. The summed E-state index contributed by atoms with van der Waals surface area (Å²) in [5, 5.41) is 2.41. The Morgan fingerprint density at radius 1 is 1.19 bits per heavy atom. The third-order valence-corrected chi connectivity index (χ3v) is 2.73. The Kier molecular flexibility index (Phi) is 7.76. The molecule has 0 aliphatic carbocycles. The SMILES string of the molecule is CC(C)C(CCN)CCCNCC(F)(F)F. The third kappa shape index (κ3) is 8.97. The predicted molar refractivity (Wildman–Crippen MR) is 60.2 cm³/mol. The van der Waals surface area contributed by atoms with Crippen molar-refractivity contribution in [2.45, 2.75) is 39.3 Å². The molecule has 1 unspecified atom stereocenters. The summed E-state index contributed by atoms with van der Waals surface area (Å²) < 4.78 is 35.4. The molecule has 0 aromatic rings. The minimum absolute atomic E-state index is 0.424. The van der Waals surface area contributed by atoms with Crippen molar-refractivity contribution >= 4 is 0 Å². The smallest absolute Gasteiger partial charge is 0.330 e. The molecule has 5 heteroatoms.